The van der Waals surface area contributed by atoms with Crippen molar-refractivity contribution in [3.8, 4) is 5.75 Å². The van der Waals surface area contributed by atoms with Crippen LogP contribution in [-0.2, 0) is 13.1 Å². The third kappa shape index (κ3) is 6.85. The van der Waals surface area contributed by atoms with Crippen molar-refractivity contribution in [2.24, 2.45) is 0 Å². The summed E-state index contributed by atoms with van der Waals surface area (Å²) in [4.78, 5) is 17.5. The van der Waals surface area contributed by atoms with Gasteiger partial charge in [0.15, 0.2) is 0 Å². The van der Waals surface area contributed by atoms with Crippen LogP contribution in [0.1, 0.15) is 21.5 Å². The Labute approximate surface area is 213 Å². The molecule has 0 spiro atoms. The second-order valence-electron chi connectivity index (χ2n) is 7.58. The number of allylic oxidation sites excluding steroid dienone is 1. The van der Waals surface area contributed by atoms with Crippen molar-refractivity contribution in [2.45, 2.75) is 13.1 Å². The molecule has 0 fully saturated rings. The molecule has 1 aromatic heterocycles. The summed E-state index contributed by atoms with van der Waals surface area (Å²) in [5, 5.41) is 12.0. The summed E-state index contributed by atoms with van der Waals surface area (Å²) in [6.07, 6.45) is 3.16. The molecule has 4 rings (SSSR count). The van der Waals surface area contributed by atoms with Gasteiger partial charge in [-0.1, -0.05) is 59.6 Å². The maximum absolute atomic E-state index is 13.0. The molecule has 4 aromatic rings. The van der Waals surface area contributed by atoms with Crippen LogP contribution < -0.4 is 15.4 Å². The summed E-state index contributed by atoms with van der Waals surface area (Å²) in [7, 11) is 1.61. The fraction of sp³-hybridized carbons (Fsp3) is 0.115. The highest BCUT2D eigenvalue weighted by Gasteiger charge is 2.15. The van der Waals surface area contributed by atoms with Crippen LogP contribution in [0.25, 0.3) is 6.08 Å². The number of carbonyl (C=O) groups is 1. The predicted octanol–water partition coefficient (Wildman–Crippen LogP) is 6.17. The van der Waals surface area contributed by atoms with Gasteiger partial charge in [0.25, 0.3) is 5.91 Å². The van der Waals surface area contributed by atoms with Gasteiger partial charge in [0.05, 0.1) is 7.11 Å². The van der Waals surface area contributed by atoms with E-state index in [1.165, 1.54) is 10.8 Å². The second-order valence-corrected chi connectivity index (χ2v) is 8.46. The third-order valence-corrected chi connectivity index (χ3v) is 5.50. The zero-order valence-electron chi connectivity index (χ0n) is 18.9. The lowest BCUT2D eigenvalue weighted by Crippen LogP contribution is -2.14. The third-order valence-electron chi connectivity index (χ3n) is 5.03. The minimum Gasteiger partial charge on any atom is -0.497 e. The van der Waals surface area contributed by atoms with Crippen molar-refractivity contribution < 1.29 is 9.53 Å². The Morgan fingerprint density at radius 2 is 1.57 bits per heavy atom. The molecule has 0 saturated carbocycles. The first-order chi connectivity index (χ1) is 17.0. The van der Waals surface area contributed by atoms with E-state index in [4.69, 9.17) is 27.9 Å². The van der Waals surface area contributed by atoms with Crippen molar-refractivity contribution in [3.05, 3.63) is 106 Å². The number of carbonyl (C=O) groups excluding carboxylic acids is 1. The van der Waals surface area contributed by atoms with Gasteiger partial charge in [0.1, 0.15) is 5.75 Å². The normalized spacial score (nSPS) is 10.9. The summed E-state index contributed by atoms with van der Waals surface area (Å²) < 4.78 is 6.40. The first-order valence-electron chi connectivity index (χ1n) is 10.8. The molecule has 0 aliphatic rings. The van der Waals surface area contributed by atoms with Crippen molar-refractivity contribution >= 4 is 47.1 Å². The Morgan fingerprint density at radius 1 is 0.943 bits per heavy atom. The highest BCUT2D eigenvalue weighted by molar-refractivity contribution is 6.30. The zero-order valence-corrected chi connectivity index (χ0v) is 20.4. The monoisotopic (exact) mass is 507 g/mol. The number of nitrogens with zero attached hydrogens (tertiary/aromatic N) is 3. The van der Waals surface area contributed by atoms with Gasteiger partial charge in [-0.05, 0) is 59.2 Å². The molecule has 3 aromatic carbocycles. The van der Waals surface area contributed by atoms with Crippen molar-refractivity contribution in [2.75, 3.05) is 17.7 Å². The first kappa shape index (κ1) is 24.3. The van der Waals surface area contributed by atoms with Gasteiger partial charge in [-0.3, -0.25) is 4.79 Å². The Morgan fingerprint density at radius 3 is 2.17 bits per heavy atom. The number of methoxy groups -OCH3 is 1. The van der Waals surface area contributed by atoms with E-state index in [0.29, 0.717) is 35.0 Å². The highest BCUT2D eigenvalue weighted by Crippen LogP contribution is 2.17. The average molecular weight is 508 g/mol. The summed E-state index contributed by atoms with van der Waals surface area (Å²) in [5.74, 6) is 1.01. The average Bonchev–Trinajstić information content (AvgIpc) is 3.28. The Bertz CT molecular complexity index is 1340. The van der Waals surface area contributed by atoms with E-state index in [1.807, 2.05) is 66.7 Å². The zero-order chi connectivity index (χ0) is 24.6. The molecule has 7 nitrogen and oxygen atoms in total. The number of hydrogen-bond acceptors (Lipinski definition) is 6. The lowest BCUT2D eigenvalue weighted by atomic mass is 10.2. The molecule has 178 valence electrons. The molecule has 1 heterocycles. The quantitative estimate of drug-likeness (QED) is 0.263. The van der Waals surface area contributed by atoms with Gasteiger partial charge in [-0.15, -0.1) is 5.10 Å². The largest absolute Gasteiger partial charge is 0.497 e. The number of ether oxygens (including phenoxy) is 1. The summed E-state index contributed by atoms with van der Waals surface area (Å²) in [5.41, 5.74) is 2.77. The van der Waals surface area contributed by atoms with Crippen LogP contribution in [0.2, 0.25) is 10.0 Å². The number of anilines is 2. The molecule has 0 atom stereocenters. The van der Waals surface area contributed by atoms with Gasteiger partial charge in [-0.25, -0.2) is 0 Å². The minimum absolute atomic E-state index is 0.308. The molecule has 0 bridgehead atoms. The Kier molecular flexibility index (Phi) is 8.03. The van der Waals surface area contributed by atoms with E-state index < -0.39 is 0 Å². The maximum atomic E-state index is 13.0. The number of aromatic nitrogens is 3. The number of halogens is 2. The summed E-state index contributed by atoms with van der Waals surface area (Å²) >= 11 is 12.2. The van der Waals surface area contributed by atoms with E-state index in [9.17, 15) is 4.79 Å². The van der Waals surface area contributed by atoms with Gasteiger partial charge >= 0.3 is 0 Å². The van der Waals surface area contributed by atoms with Gasteiger partial charge in [0, 0.05) is 29.2 Å². The SMILES string of the molecule is COc1ccc(C=CC(=O)n2nc(NCc3cccc(Cl)c3)nc2NCc2cccc(Cl)c2)cc1. The van der Waals surface area contributed by atoms with E-state index in [0.717, 1.165) is 22.4 Å². The van der Waals surface area contributed by atoms with Gasteiger partial charge in [0.2, 0.25) is 11.9 Å². The molecule has 0 radical (unpaired) electrons. The molecular formula is C26H23Cl2N5O2. The molecule has 0 unspecified atom stereocenters. The lowest BCUT2D eigenvalue weighted by molar-refractivity contribution is 0.0957. The molecule has 35 heavy (non-hydrogen) atoms. The number of benzene rings is 3. The van der Waals surface area contributed by atoms with Crippen molar-refractivity contribution in [1.82, 2.24) is 14.8 Å². The van der Waals surface area contributed by atoms with E-state index in [-0.39, 0.29) is 5.91 Å². The fourth-order valence-corrected chi connectivity index (χ4v) is 3.69. The molecule has 9 heteroatoms. The number of nitrogens with one attached hydrogen (secondary N) is 2. The van der Waals surface area contributed by atoms with Crippen LogP contribution in [0.3, 0.4) is 0 Å². The number of rotatable bonds is 9. The van der Waals surface area contributed by atoms with Crippen LogP contribution >= 0.6 is 23.2 Å². The Balaban J connectivity index is 1.53. The van der Waals surface area contributed by atoms with Crippen LogP contribution in [0.5, 0.6) is 5.75 Å². The predicted molar refractivity (Wildman–Crippen MR) is 140 cm³/mol. The minimum atomic E-state index is -0.349. The van der Waals surface area contributed by atoms with Crippen molar-refractivity contribution in [1.29, 1.82) is 0 Å². The molecular weight excluding hydrogens is 485 g/mol. The van der Waals surface area contributed by atoms with Crippen molar-refractivity contribution in [3.63, 3.8) is 0 Å². The summed E-state index contributed by atoms with van der Waals surface area (Å²) in [6.45, 7) is 0.872. The molecule has 2 N–H and O–H groups in total. The molecule has 0 aliphatic carbocycles. The standard InChI is InChI=1S/C26H23Cl2N5O2/c1-35-23-11-8-18(9-12-23)10-13-24(34)33-26(30-17-20-5-3-7-22(28)15-20)31-25(32-33)29-16-19-4-2-6-21(27)14-19/h2-15H,16-17H2,1H3,(H2,29,30,31,32). The lowest BCUT2D eigenvalue weighted by Gasteiger charge is -2.06. The van der Waals surface area contributed by atoms with E-state index in [2.05, 4.69) is 20.7 Å². The highest BCUT2D eigenvalue weighted by atomic mass is 35.5. The fourth-order valence-electron chi connectivity index (χ4n) is 3.26. The van der Waals surface area contributed by atoms with Gasteiger partial charge < -0.3 is 15.4 Å². The molecule has 0 amide bonds. The second kappa shape index (κ2) is 11.6. The smallest absolute Gasteiger partial charge is 0.274 e. The number of hydrogen-bond donors (Lipinski definition) is 2. The van der Waals surface area contributed by atoms with E-state index >= 15 is 0 Å². The summed E-state index contributed by atoms with van der Waals surface area (Å²) in [6, 6.07) is 22.3. The molecule has 0 aliphatic heterocycles. The maximum Gasteiger partial charge on any atom is 0.274 e. The van der Waals surface area contributed by atoms with Crippen LogP contribution in [0.15, 0.2) is 78.9 Å². The van der Waals surface area contributed by atoms with E-state index in [1.54, 1.807) is 19.3 Å². The first-order valence-corrected chi connectivity index (χ1v) is 11.6. The Hall–Kier alpha value is -3.81. The van der Waals surface area contributed by atoms with Gasteiger partial charge in [-0.2, -0.15) is 9.67 Å². The topological polar surface area (TPSA) is 81.1 Å². The van der Waals surface area contributed by atoms with Crippen LogP contribution in [0, 0.1) is 0 Å². The van der Waals surface area contributed by atoms with Crippen LogP contribution in [-0.4, -0.2) is 27.8 Å². The molecule has 0 saturated heterocycles. The van der Waals surface area contributed by atoms with Crippen LogP contribution in [0.4, 0.5) is 11.9 Å².